The SMILES string of the molecule is NC1CCC(CNC(=O)N2CCOCC2)C1. The van der Waals surface area contributed by atoms with Crippen LogP contribution < -0.4 is 11.1 Å². The van der Waals surface area contributed by atoms with Gasteiger partial charge in [0.2, 0.25) is 0 Å². The minimum Gasteiger partial charge on any atom is -0.378 e. The minimum atomic E-state index is 0.0452. The number of hydrogen-bond donors (Lipinski definition) is 2. The first kappa shape index (κ1) is 11.7. The van der Waals surface area contributed by atoms with Gasteiger partial charge in [-0.05, 0) is 25.2 Å². The molecule has 2 fully saturated rings. The van der Waals surface area contributed by atoms with Crippen molar-refractivity contribution in [3.8, 4) is 0 Å². The van der Waals surface area contributed by atoms with Gasteiger partial charge in [0, 0.05) is 25.7 Å². The second kappa shape index (κ2) is 5.50. The summed E-state index contributed by atoms with van der Waals surface area (Å²) in [6.07, 6.45) is 3.28. The standard InChI is InChI=1S/C11H21N3O2/c12-10-2-1-9(7-10)8-13-11(15)14-3-5-16-6-4-14/h9-10H,1-8,12H2,(H,13,15). The summed E-state index contributed by atoms with van der Waals surface area (Å²) in [5, 5.41) is 2.99. The Hall–Kier alpha value is -0.810. The number of carbonyl (C=O) groups excluding carboxylic acids is 1. The van der Waals surface area contributed by atoms with Gasteiger partial charge in [0.1, 0.15) is 0 Å². The molecule has 3 N–H and O–H groups in total. The smallest absolute Gasteiger partial charge is 0.317 e. The lowest BCUT2D eigenvalue weighted by molar-refractivity contribution is 0.0530. The Morgan fingerprint density at radius 3 is 2.75 bits per heavy atom. The van der Waals surface area contributed by atoms with Crippen molar-refractivity contribution in [2.24, 2.45) is 11.7 Å². The molecule has 16 heavy (non-hydrogen) atoms. The van der Waals surface area contributed by atoms with E-state index in [0.29, 0.717) is 38.3 Å². The first-order valence-electron chi connectivity index (χ1n) is 6.12. The molecule has 0 aromatic heterocycles. The van der Waals surface area contributed by atoms with Crippen LogP contribution in [0.1, 0.15) is 19.3 Å². The second-order valence-electron chi connectivity index (χ2n) is 4.72. The van der Waals surface area contributed by atoms with Crippen LogP contribution in [0.25, 0.3) is 0 Å². The van der Waals surface area contributed by atoms with Gasteiger partial charge < -0.3 is 20.7 Å². The molecule has 0 bridgehead atoms. The number of hydrogen-bond acceptors (Lipinski definition) is 3. The van der Waals surface area contributed by atoms with Gasteiger partial charge in [-0.25, -0.2) is 4.79 Å². The number of urea groups is 1. The topological polar surface area (TPSA) is 67.6 Å². The summed E-state index contributed by atoms with van der Waals surface area (Å²) in [5.74, 6) is 0.569. The molecule has 1 aliphatic heterocycles. The van der Waals surface area contributed by atoms with E-state index in [4.69, 9.17) is 10.5 Å². The Kier molecular flexibility index (Phi) is 4.01. The summed E-state index contributed by atoms with van der Waals surface area (Å²) in [4.78, 5) is 13.6. The highest BCUT2D eigenvalue weighted by molar-refractivity contribution is 5.74. The Morgan fingerprint density at radius 1 is 1.38 bits per heavy atom. The molecule has 2 rings (SSSR count). The Bertz CT molecular complexity index is 241. The third-order valence-corrected chi connectivity index (χ3v) is 3.42. The van der Waals surface area contributed by atoms with E-state index < -0.39 is 0 Å². The van der Waals surface area contributed by atoms with Crippen molar-refractivity contribution in [1.29, 1.82) is 0 Å². The maximum absolute atomic E-state index is 11.8. The number of amides is 2. The second-order valence-corrected chi connectivity index (χ2v) is 4.72. The lowest BCUT2D eigenvalue weighted by Gasteiger charge is -2.27. The molecular formula is C11H21N3O2. The molecule has 1 saturated heterocycles. The van der Waals surface area contributed by atoms with Crippen molar-refractivity contribution in [2.75, 3.05) is 32.8 Å². The predicted molar refractivity (Wildman–Crippen MR) is 61.1 cm³/mol. The van der Waals surface area contributed by atoms with Crippen LogP contribution in [0.5, 0.6) is 0 Å². The molecule has 5 nitrogen and oxygen atoms in total. The zero-order valence-electron chi connectivity index (χ0n) is 9.65. The van der Waals surface area contributed by atoms with Crippen molar-refractivity contribution in [2.45, 2.75) is 25.3 Å². The fourth-order valence-corrected chi connectivity index (χ4v) is 2.41. The monoisotopic (exact) mass is 227 g/mol. The molecule has 2 amide bonds. The van der Waals surface area contributed by atoms with Crippen LogP contribution in [0.3, 0.4) is 0 Å². The zero-order valence-corrected chi connectivity index (χ0v) is 9.65. The van der Waals surface area contributed by atoms with E-state index >= 15 is 0 Å². The zero-order chi connectivity index (χ0) is 11.4. The Balaban J connectivity index is 1.66. The van der Waals surface area contributed by atoms with E-state index in [9.17, 15) is 4.79 Å². The molecule has 92 valence electrons. The number of nitrogens with zero attached hydrogens (tertiary/aromatic N) is 1. The van der Waals surface area contributed by atoms with Crippen molar-refractivity contribution in [3.63, 3.8) is 0 Å². The lowest BCUT2D eigenvalue weighted by Crippen LogP contribution is -2.47. The van der Waals surface area contributed by atoms with Gasteiger partial charge in [-0.2, -0.15) is 0 Å². The highest BCUT2D eigenvalue weighted by Gasteiger charge is 2.23. The average molecular weight is 227 g/mol. The molecule has 2 aliphatic rings. The summed E-state index contributed by atoms with van der Waals surface area (Å²) in [6.45, 7) is 3.49. The maximum atomic E-state index is 11.8. The molecular weight excluding hydrogens is 206 g/mol. The summed E-state index contributed by atoms with van der Waals surface area (Å²) in [5.41, 5.74) is 5.83. The normalized spacial score (nSPS) is 30.4. The van der Waals surface area contributed by atoms with E-state index in [1.54, 1.807) is 0 Å². The first-order valence-corrected chi connectivity index (χ1v) is 6.12. The van der Waals surface area contributed by atoms with E-state index in [1.807, 2.05) is 4.90 Å². The van der Waals surface area contributed by atoms with Crippen molar-refractivity contribution in [3.05, 3.63) is 0 Å². The predicted octanol–water partition coefficient (Wildman–Crippen LogP) is 0.156. The molecule has 0 aromatic carbocycles. The van der Waals surface area contributed by atoms with Gasteiger partial charge in [-0.3, -0.25) is 0 Å². The van der Waals surface area contributed by atoms with Crippen molar-refractivity contribution in [1.82, 2.24) is 10.2 Å². The fraction of sp³-hybridized carbons (Fsp3) is 0.909. The van der Waals surface area contributed by atoms with Gasteiger partial charge in [0.25, 0.3) is 0 Å². The summed E-state index contributed by atoms with van der Waals surface area (Å²) in [7, 11) is 0. The molecule has 0 radical (unpaired) electrons. The van der Waals surface area contributed by atoms with E-state index in [0.717, 1.165) is 25.8 Å². The third kappa shape index (κ3) is 3.09. The number of carbonyl (C=O) groups is 1. The molecule has 1 aliphatic carbocycles. The number of ether oxygens (including phenoxy) is 1. The van der Waals surface area contributed by atoms with E-state index in [2.05, 4.69) is 5.32 Å². The Labute approximate surface area is 96.3 Å². The van der Waals surface area contributed by atoms with Gasteiger partial charge in [-0.15, -0.1) is 0 Å². The Morgan fingerprint density at radius 2 is 2.12 bits per heavy atom. The number of rotatable bonds is 2. The first-order chi connectivity index (χ1) is 7.75. The molecule has 1 heterocycles. The fourth-order valence-electron chi connectivity index (χ4n) is 2.41. The van der Waals surface area contributed by atoms with Crippen LogP contribution in [0.2, 0.25) is 0 Å². The van der Waals surface area contributed by atoms with Crippen LogP contribution in [-0.4, -0.2) is 49.8 Å². The minimum absolute atomic E-state index is 0.0452. The maximum Gasteiger partial charge on any atom is 0.317 e. The largest absolute Gasteiger partial charge is 0.378 e. The molecule has 0 aromatic rings. The number of nitrogens with one attached hydrogen (secondary N) is 1. The van der Waals surface area contributed by atoms with Gasteiger partial charge in [-0.1, -0.05) is 0 Å². The molecule has 2 atom stereocenters. The van der Waals surface area contributed by atoms with Crippen LogP contribution in [-0.2, 0) is 4.74 Å². The molecule has 1 saturated carbocycles. The van der Waals surface area contributed by atoms with Crippen LogP contribution in [0.4, 0.5) is 4.79 Å². The lowest BCUT2D eigenvalue weighted by atomic mass is 10.1. The van der Waals surface area contributed by atoms with Gasteiger partial charge in [0.15, 0.2) is 0 Å². The number of morpholine rings is 1. The highest BCUT2D eigenvalue weighted by atomic mass is 16.5. The number of nitrogens with two attached hydrogens (primary N) is 1. The van der Waals surface area contributed by atoms with Crippen LogP contribution >= 0.6 is 0 Å². The van der Waals surface area contributed by atoms with Crippen LogP contribution in [0, 0.1) is 5.92 Å². The van der Waals surface area contributed by atoms with Gasteiger partial charge >= 0.3 is 6.03 Å². The van der Waals surface area contributed by atoms with E-state index in [1.165, 1.54) is 0 Å². The van der Waals surface area contributed by atoms with E-state index in [-0.39, 0.29) is 6.03 Å². The van der Waals surface area contributed by atoms with Crippen LogP contribution in [0.15, 0.2) is 0 Å². The summed E-state index contributed by atoms with van der Waals surface area (Å²) >= 11 is 0. The quantitative estimate of drug-likeness (QED) is 0.706. The molecule has 2 unspecified atom stereocenters. The average Bonchev–Trinajstić information content (AvgIpc) is 2.73. The summed E-state index contributed by atoms with van der Waals surface area (Å²) < 4.78 is 5.20. The third-order valence-electron chi connectivity index (χ3n) is 3.42. The summed E-state index contributed by atoms with van der Waals surface area (Å²) in [6, 6.07) is 0.383. The molecule has 0 spiro atoms. The molecule has 5 heteroatoms. The van der Waals surface area contributed by atoms with Crippen molar-refractivity contribution < 1.29 is 9.53 Å². The van der Waals surface area contributed by atoms with Gasteiger partial charge in [0.05, 0.1) is 13.2 Å². The highest BCUT2D eigenvalue weighted by Crippen LogP contribution is 2.23. The van der Waals surface area contributed by atoms with Crippen molar-refractivity contribution >= 4 is 6.03 Å².